The van der Waals surface area contributed by atoms with E-state index in [1.54, 1.807) is 28.4 Å². The van der Waals surface area contributed by atoms with Crippen LogP contribution in [0.15, 0.2) is 12.1 Å². The van der Waals surface area contributed by atoms with E-state index < -0.39 is 8.80 Å². The van der Waals surface area contributed by atoms with Crippen molar-refractivity contribution >= 4 is 8.80 Å². The molecule has 0 fully saturated rings. The summed E-state index contributed by atoms with van der Waals surface area (Å²) in [6, 6.07) is 4.30. The molecule has 5 nitrogen and oxygen atoms in total. The van der Waals surface area contributed by atoms with E-state index in [1.165, 1.54) is 0 Å². The minimum absolute atomic E-state index is 0.0715. The predicted molar refractivity (Wildman–Crippen MR) is 74.1 cm³/mol. The smallest absolute Gasteiger partial charge is 0.496 e. The summed E-state index contributed by atoms with van der Waals surface area (Å²) in [6.07, 6.45) is 0. The van der Waals surface area contributed by atoms with Gasteiger partial charge < -0.3 is 23.1 Å². The second kappa shape index (κ2) is 7.02. The van der Waals surface area contributed by atoms with Crippen molar-refractivity contribution in [1.29, 1.82) is 0 Å². The van der Waals surface area contributed by atoms with Crippen molar-refractivity contribution < 1.29 is 23.1 Å². The van der Waals surface area contributed by atoms with Gasteiger partial charge in [0.25, 0.3) is 0 Å². The molecule has 0 aliphatic heterocycles. The Morgan fingerprint density at radius 2 is 1.63 bits per heavy atom. The van der Waals surface area contributed by atoms with Crippen molar-refractivity contribution in [2.45, 2.75) is 19.6 Å². The third-order valence-electron chi connectivity index (χ3n) is 3.28. The van der Waals surface area contributed by atoms with Gasteiger partial charge >= 0.3 is 8.80 Å². The van der Waals surface area contributed by atoms with Gasteiger partial charge in [0, 0.05) is 38.5 Å². The van der Waals surface area contributed by atoms with Gasteiger partial charge in [-0.3, -0.25) is 0 Å². The summed E-state index contributed by atoms with van der Waals surface area (Å²) in [5.41, 5.74) is 2.75. The summed E-state index contributed by atoms with van der Waals surface area (Å²) in [5, 5.41) is 9.37. The minimum atomic E-state index is -2.73. The van der Waals surface area contributed by atoms with Crippen LogP contribution in [0.2, 0.25) is 0 Å². The van der Waals surface area contributed by atoms with E-state index in [1.807, 2.05) is 19.1 Å². The molecule has 1 aromatic carbocycles. The predicted octanol–water partition coefficient (Wildman–Crippen LogP) is 1.46. The zero-order chi connectivity index (χ0) is 14.5. The molecule has 0 amide bonds. The summed E-state index contributed by atoms with van der Waals surface area (Å²) in [7, 11) is 3.60. The Morgan fingerprint density at radius 1 is 1.05 bits per heavy atom. The highest BCUT2D eigenvalue weighted by Gasteiger charge is 2.39. The first-order chi connectivity index (χ1) is 9.07. The van der Waals surface area contributed by atoms with E-state index in [0.717, 1.165) is 16.7 Å². The first-order valence-corrected chi connectivity index (χ1v) is 7.92. The number of methoxy groups -OCH3 is 1. The molecule has 0 unspecified atom stereocenters. The maximum absolute atomic E-state index is 9.37. The zero-order valence-corrected chi connectivity index (χ0v) is 13.1. The standard InChI is InChI=1S/C13H22O5Si/c1-10-6-7-11(8-14)13(15-2)12(10)9-19(16-3,17-4)18-5/h6-7,14H,8-9H2,1-5H3. The van der Waals surface area contributed by atoms with Gasteiger partial charge in [0.1, 0.15) is 5.75 Å². The Morgan fingerprint density at radius 3 is 2.05 bits per heavy atom. The van der Waals surface area contributed by atoms with Crippen LogP contribution in [0.4, 0.5) is 0 Å². The molecule has 0 spiro atoms. The van der Waals surface area contributed by atoms with Gasteiger partial charge in [-0.05, 0) is 12.5 Å². The number of ether oxygens (including phenoxy) is 1. The summed E-state index contributed by atoms with van der Waals surface area (Å²) >= 11 is 0. The highest BCUT2D eigenvalue weighted by Crippen LogP contribution is 2.30. The second-order valence-electron chi connectivity index (χ2n) is 4.18. The number of aliphatic hydroxyl groups excluding tert-OH is 1. The van der Waals surface area contributed by atoms with Crippen LogP contribution >= 0.6 is 0 Å². The van der Waals surface area contributed by atoms with Crippen LogP contribution in [0, 0.1) is 6.92 Å². The van der Waals surface area contributed by atoms with E-state index in [9.17, 15) is 5.11 Å². The third-order valence-corrected chi connectivity index (χ3v) is 5.93. The lowest BCUT2D eigenvalue weighted by molar-refractivity contribution is 0.122. The summed E-state index contributed by atoms with van der Waals surface area (Å²) < 4.78 is 21.8. The lowest BCUT2D eigenvalue weighted by Gasteiger charge is -2.26. The average Bonchev–Trinajstić information content (AvgIpc) is 2.46. The van der Waals surface area contributed by atoms with Crippen molar-refractivity contribution in [1.82, 2.24) is 0 Å². The number of hydrogen-bond acceptors (Lipinski definition) is 5. The molecular weight excluding hydrogens is 264 g/mol. The van der Waals surface area contributed by atoms with Crippen LogP contribution in [0.25, 0.3) is 0 Å². The van der Waals surface area contributed by atoms with Crippen LogP contribution in [0.3, 0.4) is 0 Å². The van der Waals surface area contributed by atoms with Crippen LogP contribution < -0.4 is 4.74 Å². The Labute approximate surface area is 115 Å². The molecule has 0 atom stereocenters. The first kappa shape index (κ1) is 16.1. The number of benzene rings is 1. The molecule has 0 heterocycles. The van der Waals surface area contributed by atoms with E-state index in [0.29, 0.717) is 11.8 Å². The molecule has 1 aromatic rings. The minimum Gasteiger partial charge on any atom is -0.496 e. The molecule has 108 valence electrons. The van der Waals surface area contributed by atoms with Crippen molar-refractivity contribution in [2.24, 2.45) is 0 Å². The Hall–Kier alpha value is -0.923. The fourth-order valence-electron chi connectivity index (χ4n) is 2.06. The summed E-state index contributed by atoms with van der Waals surface area (Å²) in [4.78, 5) is 0. The SMILES string of the molecule is COc1c(CO)ccc(C)c1C[Si](OC)(OC)OC. The Bertz CT molecular complexity index is 409. The van der Waals surface area contributed by atoms with E-state index in [2.05, 4.69) is 0 Å². The quantitative estimate of drug-likeness (QED) is 0.769. The van der Waals surface area contributed by atoms with Gasteiger partial charge in [0.05, 0.1) is 13.7 Å². The van der Waals surface area contributed by atoms with E-state index in [4.69, 9.17) is 18.0 Å². The molecule has 0 aromatic heterocycles. The number of aliphatic hydroxyl groups is 1. The monoisotopic (exact) mass is 286 g/mol. The van der Waals surface area contributed by atoms with Crippen molar-refractivity contribution in [3.8, 4) is 5.75 Å². The molecule has 0 saturated carbocycles. The topological polar surface area (TPSA) is 57.2 Å². The van der Waals surface area contributed by atoms with Crippen LogP contribution in [-0.4, -0.2) is 42.4 Å². The molecular formula is C13H22O5Si. The highest BCUT2D eigenvalue weighted by atomic mass is 28.4. The van der Waals surface area contributed by atoms with Gasteiger partial charge in [-0.1, -0.05) is 12.1 Å². The molecule has 1 rings (SSSR count). The van der Waals surface area contributed by atoms with Gasteiger partial charge in [0.15, 0.2) is 0 Å². The normalized spacial score (nSPS) is 11.7. The lowest BCUT2D eigenvalue weighted by Crippen LogP contribution is -2.46. The number of rotatable bonds is 7. The van der Waals surface area contributed by atoms with Gasteiger partial charge in [-0.25, -0.2) is 0 Å². The fraction of sp³-hybridized carbons (Fsp3) is 0.538. The molecule has 0 aliphatic carbocycles. The largest absolute Gasteiger partial charge is 0.504 e. The van der Waals surface area contributed by atoms with Crippen molar-refractivity contribution in [2.75, 3.05) is 28.4 Å². The lowest BCUT2D eigenvalue weighted by atomic mass is 10.0. The van der Waals surface area contributed by atoms with Crippen molar-refractivity contribution in [3.63, 3.8) is 0 Å². The average molecular weight is 286 g/mol. The first-order valence-electron chi connectivity index (χ1n) is 5.99. The third kappa shape index (κ3) is 3.34. The fourth-order valence-corrected chi connectivity index (χ4v) is 3.86. The Balaban J connectivity index is 3.25. The van der Waals surface area contributed by atoms with Gasteiger partial charge in [-0.2, -0.15) is 0 Å². The van der Waals surface area contributed by atoms with E-state index in [-0.39, 0.29) is 6.61 Å². The highest BCUT2D eigenvalue weighted by molar-refractivity contribution is 6.60. The van der Waals surface area contributed by atoms with Crippen LogP contribution in [0.5, 0.6) is 5.75 Å². The molecule has 19 heavy (non-hydrogen) atoms. The molecule has 6 heteroatoms. The van der Waals surface area contributed by atoms with Crippen LogP contribution in [-0.2, 0) is 25.9 Å². The number of aryl methyl sites for hydroxylation is 1. The zero-order valence-electron chi connectivity index (χ0n) is 12.1. The molecule has 0 saturated heterocycles. The van der Waals surface area contributed by atoms with Crippen molar-refractivity contribution in [3.05, 3.63) is 28.8 Å². The van der Waals surface area contributed by atoms with E-state index >= 15 is 0 Å². The van der Waals surface area contributed by atoms with Crippen LogP contribution in [0.1, 0.15) is 16.7 Å². The molecule has 0 aliphatic rings. The molecule has 0 radical (unpaired) electrons. The Kier molecular flexibility index (Phi) is 5.96. The summed E-state index contributed by atoms with van der Waals surface area (Å²) in [5.74, 6) is 0.672. The maximum atomic E-state index is 9.37. The number of hydrogen-bond donors (Lipinski definition) is 1. The summed E-state index contributed by atoms with van der Waals surface area (Å²) in [6.45, 7) is 1.91. The van der Waals surface area contributed by atoms with Gasteiger partial charge in [0.2, 0.25) is 0 Å². The van der Waals surface area contributed by atoms with Gasteiger partial charge in [-0.15, -0.1) is 0 Å². The maximum Gasteiger partial charge on any atom is 0.504 e. The molecule has 0 bridgehead atoms. The second-order valence-corrected chi connectivity index (χ2v) is 7.13. The molecule has 1 N–H and O–H groups in total.